The van der Waals surface area contributed by atoms with Gasteiger partial charge in [0.05, 0.1) is 25.4 Å². The molecule has 1 amide bonds. The maximum atomic E-state index is 12.5. The molecule has 2 unspecified atom stereocenters. The third-order valence-corrected chi connectivity index (χ3v) is 16.7. The van der Waals surface area contributed by atoms with Gasteiger partial charge in [-0.15, -0.1) is 0 Å². The van der Waals surface area contributed by atoms with Crippen LogP contribution in [0.5, 0.6) is 0 Å². The van der Waals surface area contributed by atoms with Crippen molar-refractivity contribution in [3.63, 3.8) is 0 Å². The van der Waals surface area contributed by atoms with Crippen molar-refractivity contribution in [1.82, 2.24) is 5.32 Å². The highest BCUT2D eigenvalue weighted by atomic mass is 16.5. The smallest absolute Gasteiger partial charge is 0.305 e. The highest BCUT2D eigenvalue weighted by molar-refractivity contribution is 5.76. The van der Waals surface area contributed by atoms with Crippen LogP contribution in [0.1, 0.15) is 393 Å². The molecule has 6 nitrogen and oxygen atoms in total. The van der Waals surface area contributed by atoms with Crippen LogP contribution in [-0.2, 0) is 14.3 Å². The molecule has 466 valence electrons. The number of allylic oxidation sites excluding steroid dienone is 6. The number of ether oxygens (including phenoxy) is 1. The fraction of sp³-hybridized carbons (Fsp3) is 0.890. The van der Waals surface area contributed by atoms with E-state index >= 15 is 0 Å². The molecular formula is C73H139NO5. The zero-order chi connectivity index (χ0) is 57.1. The Morgan fingerprint density at radius 1 is 0.354 bits per heavy atom. The second kappa shape index (κ2) is 68.6. The number of nitrogens with one attached hydrogen (secondary N) is 1. The highest BCUT2D eigenvalue weighted by Gasteiger charge is 2.20. The van der Waals surface area contributed by atoms with Gasteiger partial charge in [0.25, 0.3) is 0 Å². The van der Waals surface area contributed by atoms with Crippen LogP contribution in [0.4, 0.5) is 0 Å². The Balaban J connectivity index is 3.40. The molecule has 0 aliphatic heterocycles. The number of hydrogen-bond donors (Lipinski definition) is 3. The molecule has 0 heterocycles. The normalized spacial score (nSPS) is 12.7. The summed E-state index contributed by atoms with van der Waals surface area (Å²) in [5.41, 5.74) is 0. The molecule has 79 heavy (non-hydrogen) atoms. The van der Waals surface area contributed by atoms with Gasteiger partial charge in [-0.05, 0) is 83.5 Å². The van der Waals surface area contributed by atoms with Crippen molar-refractivity contribution in [1.29, 1.82) is 0 Å². The van der Waals surface area contributed by atoms with E-state index in [1.54, 1.807) is 0 Å². The minimum absolute atomic E-state index is 0.000591. The lowest BCUT2D eigenvalue weighted by molar-refractivity contribution is -0.143. The zero-order valence-electron chi connectivity index (χ0n) is 53.4. The third kappa shape index (κ3) is 65.1. The van der Waals surface area contributed by atoms with E-state index in [1.165, 1.54) is 308 Å². The number of rotatable bonds is 67. The topological polar surface area (TPSA) is 95.9 Å². The van der Waals surface area contributed by atoms with Crippen LogP contribution < -0.4 is 5.32 Å². The van der Waals surface area contributed by atoms with Crippen LogP contribution in [0, 0.1) is 0 Å². The van der Waals surface area contributed by atoms with E-state index in [2.05, 4.69) is 55.6 Å². The molecule has 0 aromatic carbocycles. The predicted molar refractivity (Wildman–Crippen MR) is 347 cm³/mol. The average molecular weight is 1110 g/mol. The predicted octanol–water partition coefficient (Wildman–Crippen LogP) is 23.1. The van der Waals surface area contributed by atoms with Gasteiger partial charge in [-0.2, -0.15) is 0 Å². The maximum absolute atomic E-state index is 12.5. The summed E-state index contributed by atoms with van der Waals surface area (Å²) in [6.07, 6.45) is 87.6. The molecule has 0 bridgehead atoms. The first-order valence-electron chi connectivity index (χ1n) is 35.7. The summed E-state index contributed by atoms with van der Waals surface area (Å²) >= 11 is 0. The Morgan fingerprint density at radius 2 is 0.633 bits per heavy atom. The summed E-state index contributed by atoms with van der Waals surface area (Å²) in [5, 5.41) is 23.4. The molecule has 0 fully saturated rings. The second-order valence-corrected chi connectivity index (χ2v) is 24.6. The number of unbranched alkanes of at least 4 members (excludes halogenated alkanes) is 50. The fourth-order valence-corrected chi connectivity index (χ4v) is 11.2. The first-order chi connectivity index (χ1) is 39.0. The molecule has 3 N–H and O–H groups in total. The number of amides is 1. The van der Waals surface area contributed by atoms with Gasteiger partial charge in [-0.3, -0.25) is 9.59 Å². The molecule has 0 saturated carbocycles. The van der Waals surface area contributed by atoms with E-state index in [4.69, 9.17) is 4.74 Å². The van der Waals surface area contributed by atoms with E-state index in [0.29, 0.717) is 25.9 Å². The monoisotopic (exact) mass is 1110 g/mol. The molecule has 0 aromatic rings. The Morgan fingerprint density at radius 3 is 0.987 bits per heavy atom. The van der Waals surface area contributed by atoms with E-state index in [-0.39, 0.29) is 18.5 Å². The largest absolute Gasteiger partial charge is 0.466 e. The Labute approximate surface area is 494 Å². The van der Waals surface area contributed by atoms with Gasteiger partial charge in [-0.25, -0.2) is 0 Å². The molecule has 6 heteroatoms. The first kappa shape index (κ1) is 77.1. The number of aliphatic hydroxyl groups excluding tert-OH is 2. The molecule has 0 aliphatic carbocycles. The SMILES string of the molecule is CCCCCC/C=C\C/C=C\CCCCCCCC(=O)OCCCCCCCCCCCCCC/C=C\CCCCCCCCCCCC(=O)NC(CO)C(O)CCCCCCCCCCCCCCCCCCCCCCC. The minimum Gasteiger partial charge on any atom is -0.466 e. The van der Waals surface area contributed by atoms with Gasteiger partial charge >= 0.3 is 5.97 Å². The van der Waals surface area contributed by atoms with E-state index in [1.807, 2.05) is 0 Å². The standard InChI is InChI=1S/C73H139NO5/c1-3-5-7-9-11-13-15-17-19-21-22-28-31-34-37-41-45-49-53-57-61-65-71(76)70(69-75)74-72(77)66-62-58-54-50-46-42-38-35-32-29-26-24-23-25-27-30-33-36-40-44-48-52-56-60-64-68-79-73(78)67-63-59-55-51-47-43-39-20-18-16-14-12-10-8-6-4-2/h14,16,20,24,26,39,70-71,75-76H,3-13,15,17-19,21-23,25,27-38,40-69H2,1-2H3,(H,74,77)/b16-14-,26-24-,39-20-. The minimum atomic E-state index is -0.668. The summed E-state index contributed by atoms with van der Waals surface area (Å²) in [4.78, 5) is 24.6. The Kier molecular flexibility index (Phi) is 66.9. The number of esters is 1. The first-order valence-corrected chi connectivity index (χ1v) is 35.7. The van der Waals surface area contributed by atoms with Gasteiger partial charge < -0.3 is 20.3 Å². The van der Waals surface area contributed by atoms with Crippen molar-refractivity contribution in [3.05, 3.63) is 36.5 Å². The summed E-state index contributed by atoms with van der Waals surface area (Å²) < 4.78 is 5.49. The van der Waals surface area contributed by atoms with Gasteiger partial charge in [0.1, 0.15) is 0 Å². The van der Waals surface area contributed by atoms with Crippen LogP contribution in [0.3, 0.4) is 0 Å². The van der Waals surface area contributed by atoms with Gasteiger partial charge in [-0.1, -0.05) is 333 Å². The summed E-state index contributed by atoms with van der Waals surface area (Å²) in [6, 6.07) is -0.545. The molecule has 0 aromatic heterocycles. The van der Waals surface area contributed by atoms with Crippen molar-refractivity contribution in [2.75, 3.05) is 13.2 Å². The summed E-state index contributed by atoms with van der Waals surface area (Å²) in [7, 11) is 0. The van der Waals surface area contributed by atoms with E-state index in [0.717, 1.165) is 51.4 Å². The Hall–Kier alpha value is -1.92. The van der Waals surface area contributed by atoms with Crippen molar-refractivity contribution in [2.24, 2.45) is 0 Å². The number of carbonyl (C=O) groups is 2. The number of hydrogen-bond acceptors (Lipinski definition) is 5. The molecule has 0 aliphatic rings. The van der Waals surface area contributed by atoms with Gasteiger partial charge in [0.15, 0.2) is 0 Å². The highest BCUT2D eigenvalue weighted by Crippen LogP contribution is 2.19. The van der Waals surface area contributed by atoms with Crippen molar-refractivity contribution in [3.8, 4) is 0 Å². The molecule has 0 spiro atoms. The van der Waals surface area contributed by atoms with Crippen molar-refractivity contribution in [2.45, 2.75) is 405 Å². The van der Waals surface area contributed by atoms with Crippen LogP contribution in [0.15, 0.2) is 36.5 Å². The lowest BCUT2D eigenvalue weighted by atomic mass is 10.0. The average Bonchev–Trinajstić information content (AvgIpc) is 3.45. The van der Waals surface area contributed by atoms with Crippen LogP contribution in [-0.4, -0.2) is 47.4 Å². The van der Waals surface area contributed by atoms with Crippen LogP contribution in [0.25, 0.3) is 0 Å². The molecular weight excluding hydrogens is 971 g/mol. The number of carbonyl (C=O) groups excluding carboxylic acids is 2. The molecule has 0 saturated heterocycles. The Bertz CT molecular complexity index is 1280. The van der Waals surface area contributed by atoms with Crippen molar-refractivity contribution < 1.29 is 24.5 Å². The zero-order valence-corrected chi connectivity index (χ0v) is 53.4. The molecule has 0 radical (unpaired) electrons. The third-order valence-electron chi connectivity index (χ3n) is 16.7. The second-order valence-electron chi connectivity index (χ2n) is 24.6. The lowest BCUT2D eigenvalue weighted by Gasteiger charge is -2.22. The van der Waals surface area contributed by atoms with E-state index < -0.39 is 12.1 Å². The maximum Gasteiger partial charge on any atom is 0.305 e. The number of aliphatic hydroxyl groups is 2. The summed E-state index contributed by atoms with van der Waals surface area (Å²) in [5.74, 6) is -0.0337. The van der Waals surface area contributed by atoms with E-state index in [9.17, 15) is 19.8 Å². The van der Waals surface area contributed by atoms with Gasteiger partial charge in [0, 0.05) is 12.8 Å². The van der Waals surface area contributed by atoms with Crippen molar-refractivity contribution >= 4 is 11.9 Å². The van der Waals surface area contributed by atoms with Gasteiger partial charge in [0.2, 0.25) is 5.91 Å². The molecule has 0 rings (SSSR count). The van der Waals surface area contributed by atoms with Crippen LogP contribution >= 0.6 is 0 Å². The lowest BCUT2D eigenvalue weighted by Crippen LogP contribution is -2.45. The van der Waals surface area contributed by atoms with Crippen LogP contribution in [0.2, 0.25) is 0 Å². The quantitative estimate of drug-likeness (QED) is 0.0320. The fourth-order valence-electron chi connectivity index (χ4n) is 11.2. The molecule has 2 atom stereocenters. The summed E-state index contributed by atoms with van der Waals surface area (Å²) in [6.45, 7) is 4.96.